The third-order valence-corrected chi connectivity index (χ3v) is 1.95. The second kappa shape index (κ2) is 5.35. The molecular weight excluding hydrogens is 176 g/mol. The number of hydrogen-bond donors (Lipinski definition) is 1. The highest BCUT2D eigenvalue weighted by Crippen LogP contribution is 2.09. The fourth-order valence-corrected chi connectivity index (χ4v) is 1.21. The maximum Gasteiger partial charge on any atom is 0.162 e. The minimum absolute atomic E-state index is 0.0198. The predicted octanol–water partition coefficient (Wildman–Crippen LogP) is 2.28. The standard InChI is InChI=1S/C12H14O2/c1-2-12(14)11-7-3-5-10(9-11)6-4-8-13/h3-7,9,13H,2,8H2,1H3/b6-4+. The third kappa shape index (κ3) is 2.82. The zero-order chi connectivity index (χ0) is 10.4. The molecule has 0 unspecified atom stereocenters. The number of benzene rings is 1. The van der Waals surface area contributed by atoms with Crippen LogP contribution in [0.1, 0.15) is 29.3 Å². The summed E-state index contributed by atoms with van der Waals surface area (Å²) >= 11 is 0. The van der Waals surface area contributed by atoms with Crippen LogP contribution in [-0.2, 0) is 0 Å². The number of hydrogen-bond acceptors (Lipinski definition) is 2. The molecule has 0 amide bonds. The van der Waals surface area contributed by atoms with Crippen LogP contribution in [-0.4, -0.2) is 17.5 Å². The van der Waals surface area contributed by atoms with Gasteiger partial charge in [-0.3, -0.25) is 4.79 Å². The fourth-order valence-electron chi connectivity index (χ4n) is 1.21. The van der Waals surface area contributed by atoms with Crippen LogP contribution in [0.3, 0.4) is 0 Å². The molecular formula is C12H14O2. The molecule has 0 atom stereocenters. The van der Waals surface area contributed by atoms with Crippen molar-refractivity contribution < 1.29 is 9.90 Å². The van der Waals surface area contributed by atoms with Gasteiger partial charge in [0, 0.05) is 12.0 Å². The molecule has 0 aliphatic carbocycles. The summed E-state index contributed by atoms with van der Waals surface area (Å²) in [5, 5.41) is 8.60. The molecule has 2 nitrogen and oxygen atoms in total. The van der Waals surface area contributed by atoms with E-state index < -0.39 is 0 Å². The van der Waals surface area contributed by atoms with Gasteiger partial charge in [0.25, 0.3) is 0 Å². The summed E-state index contributed by atoms with van der Waals surface area (Å²) in [5.41, 5.74) is 1.67. The quantitative estimate of drug-likeness (QED) is 0.739. The number of carbonyl (C=O) groups excluding carboxylic acids is 1. The van der Waals surface area contributed by atoms with Crippen molar-refractivity contribution in [3.63, 3.8) is 0 Å². The van der Waals surface area contributed by atoms with Crippen LogP contribution in [0.4, 0.5) is 0 Å². The van der Waals surface area contributed by atoms with Gasteiger partial charge in [-0.2, -0.15) is 0 Å². The van der Waals surface area contributed by atoms with Gasteiger partial charge >= 0.3 is 0 Å². The molecule has 1 N–H and O–H groups in total. The van der Waals surface area contributed by atoms with E-state index in [9.17, 15) is 4.79 Å². The fraction of sp³-hybridized carbons (Fsp3) is 0.250. The van der Waals surface area contributed by atoms with E-state index in [1.54, 1.807) is 12.2 Å². The summed E-state index contributed by atoms with van der Waals surface area (Å²) in [6.07, 6.45) is 3.97. The van der Waals surface area contributed by atoms with Crippen LogP contribution in [0.25, 0.3) is 6.08 Å². The SMILES string of the molecule is CCC(=O)c1cccc(/C=C/CO)c1. The highest BCUT2D eigenvalue weighted by Gasteiger charge is 2.01. The molecule has 0 heterocycles. The summed E-state index contributed by atoms with van der Waals surface area (Å²) in [5.74, 6) is 0.143. The molecule has 0 aliphatic heterocycles. The first-order valence-corrected chi connectivity index (χ1v) is 4.68. The lowest BCUT2D eigenvalue weighted by Gasteiger charge is -1.99. The summed E-state index contributed by atoms with van der Waals surface area (Å²) in [4.78, 5) is 11.4. The molecule has 0 radical (unpaired) electrons. The van der Waals surface area contributed by atoms with Crippen molar-refractivity contribution in [2.45, 2.75) is 13.3 Å². The Balaban J connectivity index is 2.89. The lowest BCUT2D eigenvalue weighted by atomic mass is 10.1. The van der Waals surface area contributed by atoms with Gasteiger partial charge in [0.2, 0.25) is 0 Å². The molecule has 2 heteroatoms. The van der Waals surface area contributed by atoms with Gasteiger partial charge in [0.15, 0.2) is 5.78 Å². The minimum Gasteiger partial charge on any atom is -0.392 e. The van der Waals surface area contributed by atoms with Gasteiger partial charge in [-0.1, -0.05) is 37.3 Å². The molecule has 1 aromatic rings. The smallest absolute Gasteiger partial charge is 0.162 e. The Kier molecular flexibility index (Phi) is 4.08. The second-order valence-corrected chi connectivity index (χ2v) is 2.99. The minimum atomic E-state index is 0.0198. The average Bonchev–Trinajstić information content (AvgIpc) is 2.25. The molecule has 14 heavy (non-hydrogen) atoms. The van der Waals surface area contributed by atoms with E-state index in [-0.39, 0.29) is 12.4 Å². The van der Waals surface area contributed by atoms with Crippen molar-refractivity contribution in [2.75, 3.05) is 6.61 Å². The first kappa shape index (κ1) is 10.7. The average molecular weight is 190 g/mol. The van der Waals surface area contributed by atoms with Crippen molar-refractivity contribution in [1.82, 2.24) is 0 Å². The number of Topliss-reactive ketones (excluding diaryl/α,β-unsaturated/α-hetero) is 1. The highest BCUT2D eigenvalue weighted by atomic mass is 16.2. The van der Waals surface area contributed by atoms with Crippen LogP contribution in [0.5, 0.6) is 0 Å². The Hall–Kier alpha value is -1.41. The first-order valence-electron chi connectivity index (χ1n) is 4.68. The van der Waals surface area contributed by atoms with Gasteiger partial charge in [-0.05, 0) is 11.6 Å². The molecule has 0 saturated heterocycles. The van der Waals surface area contributed by atoms with Gasteiger partial charge in [-0.25, -0.2) is 0 Å². The Morgan fingerprint density at radius 1 is 1.50 bits per heavy atom. The molecule has 0 saturated carbocycles. The van der Waals surface area contributed by atoms with E-state index in [0.717, 1.165) is 11.1 Å². The topological polar surface area (TPSA) is 37.3 Å². The predicted molar refractivity (Wildman–Crippen MR) is 57.2 cm³/mol. The third-order valence-electron chi connectivity index (χ3n) is 1.95. The Bertz CT molecular complexity index is 340. The summed E-state index contributed by atoms with van der Waals surface area (Å²) in [6, 6.07) is 7.39. The van der Waals surface area contributed by atoms with Crippen LogP contribution in [0.2, 0.25) is 0 Å². The van der Waals surface area contributed by atoms with Crippen LogP contribution in [0.15, 0.2) is 30.3 Å². The molecule has 0 spiro atoms. The number of ketones is 1. The van der Waals surface area contributed by atoms with Crippen LogP contribution in [0, 0.1) is 0 Å². The van der Waals surface area contributed by atoms with Crippen molar-refractivity contribution in [1.29, 1.82) is 0 Å². The highest BCUT2D eigenvalue weighted by molar-refractivity contribution is 5.96. The van der Waals surface area contributed by atoms with Gasteiger partial charge < -0.3 is 5.11 Å². The second-order valence-electron chi connectivity index (χ2n) is 2.99. The molecule has 1 aromatic carbocycles. The molecule has 0 aromatic heterocycles. The number of carbonyl (C=O) groups is 1. The van der Waals surface area contributed by atoms with Crippen molar-refractivity contribution in [2.24, 2.45) is 0 Å². The van der Waals surface area contributed by atoms with E-state index in [2.05, 4.69) is 0 Å². The van der Waals surface area contributed by atoms with Crippen molar-refractivity contribution >= 4 is 11.9 Å². The van der Waals surface area contributed by atoms with Crippen LogP contribution >= 0.6 is 0 Å². The van der Waals surface area contributed by atoms with E-state index in [1.807, 2.05) is 31.2 Å². The monoisotopic (exact) mass is 190 g/mol. The lowest BCUT2D eigenvalue weighted by Crippen LogP contribution is -1.95. The zero-order valence-corrected chi connectivity index (χ0v) is 8.23. The molecule has 0 fully saturated rings. The van der Waals surface area contributed by atoms with E-state index in [0.29, 0.717) is 6.42 Å². The number of aliphatic hydroxyl groups is 1. The van der Waals surface area contributed by atoms with E-state index >= 15 is 0 Å². The number of rotatable bonds is 4. The van der Waals surface area contributed by atoms with Crippen molar-refractivity contribution in [3.8, 4) is 0 Å². The maximum atomic E-state index is 11.4. The summed E-state index contributed by atoms with van der Waals surface area (Å²) in [7, 11) is 0. The molecule has 74 valence electrons. The maximum absolute atomic E-state index is 11.4. The molecule has 0 aliphatic rings. The normalized spacial score (nSPS) is 10.7. The van der Waals surface area contributed by atoms with Crippen molar-refractivity contribution in [3.05, 3.63) is 41.5 Å². The summed E-state index contributed by atoms with van der Waals surface area (Å²) in [6.45, 7) is 1.87. The molecule has 1 rings (SSSR count). The Morgan fingerprint density at radius 3 is 2.93 bits per heavy atom. The number of aliphatic hydroxyl groups excluding tert-OH is 1. The van der Waals surface area contributed by atoms with E-state index in [1.165, 1.54) is 0 Å². The molecule has 0 bridgehead atoms. The van der Waals surface area contributed by atoms with Gasteiger partial charge in [-0.15, -0.1) is 0 Å². The lowest BCUT2D eigenvalue weighted by molar-refractivity contribution is 0.0988. The largest absolute Gasteiger partial charge is 0.392 e. The first-order chi connectivity index (χ1) is 6.77. The Labute approximate surface area is 83.9 Å². The van der Waals surface area contributed by atoms with E-state index in [4.69, 9.17) is 5.11 Å². The van der Waals surface area contributed by atoms with Gasteiger partial charge in [0.05, 0.1) is 6.61 Å². The summed E-state index contributed by atoms with van der Waals surface area (Å²) < 4.78 is 0. The Morgan fingerprint density at radius 2 is 2.29 bits per heavy atom. The van der Waals surface area contributed by atoms with Gasteiger partial charge in [0.1, 0.15) is 0 Å². The zero-order valence-electron chi connectivity index (χ0n) is 8.23. The van der Waals surface area contributed by atoms with Crippen LogP contribution < -0.4 is 0 Å².